The van der Waals surface area contributed by atoms with E-state index in [1.54, 1.807) is 26.0 Å². The van der Waals surface area contributed by atoms with Crippen molar-refractivity contribution in [2.24, 2.45) is 0 Å². The molecule has 0 spiro atoms. The fourth-order valence-electron chi connectivity index (χ4n) is 3.76. The third kappa shape index (κ3) is 6.11. The van der Waals surface area contributed by atoms with Crippen LogP contribution in [-0.2, 0) is 16.6 Å². The van der Waals surface area contributed by atoms with Crippen LogP contribution in [0, 0.1) is 0 Å². The van der Waals surface area contributed by atoms with Crippen molar-refractivity contribution in [1.29, 1.82) is 0 Å². The number of aromatic nitrogens is 3. The second-order valence-corrected chi connectivity index (χ2v) is 10.1. The first-order valence-electron chi connectivity index (χ1n) is 11.5. The lowest BCUT2D eigenvalue weighted by Crippen LogP contribution is -2.30. The van der Waals surface area contributed by atoms with Gasteiger partial charge in [-0.2, -0.15) is 9.29 Å². The maximum atomic E-state index is 12.9. The van der Waals surface area contributed by atoms with Crippen molar-refractivity contribution < 1.29 is 30.8 Å². The van der Waals surface area contributed by atoms with Crippen molar-refractivity contribution >= 4 is 10.0 Å². The molecule has 0 aliphatic carbocycles. The van der Waals surface area contributed by atoms with Gasteiger partial charge < -0.3 is 13.8 Å². The Labute approximate surface area is 216 Å². The summed E-state index contributed by atoms with van der Waals surface area (Å²) in [6.07, 6.45) is -3.30. The predicted molar refractivity (Wildman–Crippen MR) is 132 cm³/mol. The van der Waals surface area contributed by atoms with Crippen molar-refractivity contribution in [3.05, 3.63) is 82.8 Å². The predicted octanol–water partition coefficient (Wildman–Crippen LogP) is 4.54. The molecule has 2 heterocycles. The number of benzene rings is 2. The molecule has 2 aromatic carbocycles. The summed E-state index contributed by atoms with van der Waals surface area (Å²) in [5, 5.41) is 3.87. The molecule has 0 aliphatic heterocycles. The Kier molecular flexibility index (Phi) is 7.69. The first-order valence-corrected chi connectivity index (χ1v) is 12.9. The summed E-state index contributed by atoms with van der Waals surface area (Å²) in [5.41, 5.74) is 1.09. The van der Waals surface area contributed by atoms with E-state index in [1.807, 2.05) is 0 Å². The van der Waals surface area contributed by atoms with Crippen molar-refractivity contribution in [1.82, 2.24) is 19.0 Å². The number of rotatable bonds is 9. The number of alkyl halides is 3. The molecule has 9 nitrogen and oxygen atoms in total. The van der Waals surface area contributed by atoms with Gasteiger partial charge in [0.05, 0.1) is 17.0 Å². The zero-order valence-corrected chi connectivity index (χ0v) is 21.2. The van der Waals surface area contributed by atoms with Crippen LogP contribution in [0.1, 0.15) is 19.4 Å². The highest BCUT2D eigenvalue weighted by Crippen LogP contribution is 2.27. The van der Waals surface area contributed by atoms with Crippen molar-refractivity contribution in [2.75, 3.05) is 13.1 Å². The molecule has 2 aromatic heterocycles. The highest BCUT2D eigenvalue weighted by atomic mass is 32.2. The second kappa shape index (κ2) is 10.8. The number of pyridine rings is 1. The van der Waals surface area contributed by atoms with E-state index < -0.39 is 16.4 Å². The van der Waals surface area contributed by atoms with Crippen LogP contribution in [-0.4, -0.2) is 46.9 Å². The molecule has 0 N–H and O–H groups in total. The van der Waals surface area contributed by atoms with Crippen LogP contribution in [0.3, 0.4) is 0 Å². The van der Waals surface area contributed by atoms with Crippen molar-refractivity contribution in [3.8, 4) is 28.6 Å². The van der Waals surface area contributed by atoms with Crippen LogP contribution in [0.25, 0.3) is 22.8 Å². The monoisotopic (exact) mass is 548 g/mol. The van der Waals surface area contributed by atoms with Gasteiger partial charge in [-0.1, -0.05) is 31.1 Å². The molecule has 0 saturated carbocycles. The van der Waals surface area contributed by atoms with Crippen molar-refractivity contribution in [2.45, 2.75) is 31.7 Å². The lowest BCUT2D eigenvalue weighted by molar-refractivity contribution is -0.274. The van der Waals surface area contributed by atoms with E-state index in [9.17, 15) is 26.4 Å². The summed E-state index contributed by atoms with van der Waals surface area (Å²) in [6.45, 7) is 4.28. The molecule has 200 valence electrons. The van der Waals surface area contributed by atoms with Gasteiger partial charge in [-0.25, -0.2) is 8.42 Å². The summed E-state index contributed by atoms with van der Waals surface area (Å²) >= 11 is 0. The molecule has 0 saturated heterocycles. The standard InChI is InChI=1S/C25H23F3N4O5S/c1-3-32(4-2)38(34,35)21-7-5-6-17(14-21)15-31-16-19(10-13-22(31)33)24-29-23(30-37-24)18-8-11-20(12-9-18)36-25(26,27)28/h5-14,16H,3-4,15H2,1-2H3. The summed E-state index contributed by atoms with van der Waals surface area (Å²) in [4.78, 5) is 16.9. The van der Waals surface area contributed by atoms with Gasteiger partial charge >= 0.3 is 6.36 Å². The van der Waals surface area contributed by atoms with E-state index in [-0.39, 0.29) is 34.5 Å². The molecular formula is C25H23F3N4O5S. The number of nitrogens with zero attached hydrogens (tertiary/aromatic N) is 4. The number of sulfonamides is 1. The minimum absolute atomic E-state index is 0.0854. The molecule has 0 fully saturated rings. The zero-order valence-electron chi connectivity index (χ0n) is 20.3. The van der Waals surface area contributed by atoms with Crippen LogP contribution in [0.2, 0.25) is 0 Å². The molecule has 4 rings (SSSR count). The molecule has 38 heavy (non-hydrogen) atoms. The Bertz CT molecular complexity index is 1580. The minimum Gasteiger partial charge on any atom is -0.406 e. The Morgan fingerprint density at radius 1 is 1.00 bits per heavy atom. The fourth-order valence-corrected chi connectivity index (χ4v) is 5.29. The molecule has 0 radical (unpaired) electrons. The average Bonchev–Trinajstić information content (AvgIpc) is 3.36. The van der Waals surface area contributed by atoms with Gasteiger partial charge in [-0.05, 0) is 48.0 Å². The smallest absolute Gasteiger partial charge is 0.406 e. The van der Waals surface area contributed by atoms with Gasteiger partial charge in [-0.3, -0.25) is 4.79 Å². The normalized spacial score (nSPS) is 12.2. The fraction of sp³-hybridized carbons (Fsp3) is 0.240. The topological polar surface area (TPSA) is 108 Å². The first-order chi connectivity index (χ1) is 18.0. The largest absolute Gasteiger partial charge is 0.573 e. The molecule has 0 bridgehead atoms. The molecule has 0 aliphatic rings. The van der Waals surface area contributed by atoms with Gasteiger partial charge in [0.15, 0.2) is 0 Å². The quantitative estimate of drug-likeness (QED) is 0.302. The van der Waals surface area contributed by atoms with Crippen LogP contribution in [0.15, 0.2) is 81.1 Å². The van der Waals surface area contributed by atoms with E-state index in [0.29, 0.717) is 29.8 Å². The number of ether oxygens (including phenoxy) is 1. The van der Waals surface area contributed by atoms with E-state index in [4.69, 9.17) is 4.52 Å². The zero-order chi connectivity index (χ0) is 27.5. The Morgan fingerprint density at radius 3 is 2.34 bits per heavy atom. The van der Waals surface area contributed by atoms with Crippen molar-refractivity contribution in [3.63, 3.8) is 0 Å². The summed E-state index contributed by atoms with van der Waals surface area (Å²) < 4.78 is 74.8. The average molecular weight is 549 g/mol. The molecule has 0 amide bonds. The maximum Gasteiger partial charge on any atom is 0.573 e. The summed E-state index contributed by atoms with van der Waals surface area (Å²) in [6, 6.07) is 14.2. The Balaban J connectivity index is 1.57. The first kappa shape index (κ1) is 27.1. The van der Waals surface area contributed by atoms with Gasteiger partial charge in [0.25, 0.3) is 11.4 Å². The van der Waals surface area contributed by atoms with E-state index in [1.165, 1.54) is 51.5 Å². The van der Waals surface area contributed by atoms with Crippen LogP contribution in [0.4, 0.5) is 13.2 Å². The highest BCUT2D eigenvalue weighted by Gasteiger charge is 2.31. The van der Waals surface area contributed by atoms with E-state index in [2.05, 4.69) is 14.9 Å². The van der Waals surface area contributed by atoms with E-state index in [0.717, 1.165) is 12.1 Å². The van der Waals surface area contributed by atoms with Gasteiger partial charge in [0.1, 0.15) is 5.75 Å². The number of hydrogen-bond donors (Lipinski definition) is 0. The Hall–Kier alpha value is -3.97. The van der Waals surface area contributed by atoms with Crippen LogP contribution >= 0.6 is 0 Å². The highest BCUT2D eigenvalue weighted by molar-refractivity contribution is 7.89. The Morgan fingerprint density at radius 2 is 1.68 bits per heavy atom. The molecule has 13 heteroatoms. The molecular weight excluding hydrogens is 525 g/mol. The third-order valence-electron chi connectivity index (χ3n) is 5.60. The van der Waals surface area contributed by atoms with Gasteiger partial charge in [0, 0.05) is 30.9 Å². The second-order valence-electron chi connectivity index (χ2n) is 8.12. The maximum absolute atomic E-state index is 12.9. The molecule has 4 aromatic rings. The van der Waals surface area contributed by atoms with Crippen LogP contribution < -0.4 is 10.3 Å². The summed E-state index contributed by atoms with van der Waals surface area (Å²) in [7, 11) is -3.66. The van der Waals surface area contributed by atoms with Gasteiger partial charge in [0.2, 0.25) is 15.8 Å². The van der Waals surface area contributed by atoms with E-state index >= 15 is 0 Å². The minimum atomic E-state index is -4.80. The third-order valence-corrected chi connectivity index (χ3v) is 7.64. The number of hydrogen-bond acceptors (Lipinski definition) is 7. The summed E-state index contributed by atoms with van der Waals surface area (Å²) in [5.74, 6) is -0.168. The lowest BCUT2D eigenvalue weighted by Gasteiger charge is -2.19. The molecule has 0 atom stereocenters. The van der Waals surface area contributed by atoms with Crippen LogP contribution in [0.5, 0.6) is 5.75 Å². The molecule has 0 unspecified atom stereocenters. The lowest BCUT2D eigenvalue weighted by atomic mass is 10.2. The number of halogens is 3. The van der Waals surface area contributed by atoms with Gasteiger partial charge in [-0.15, -0.1) is 13.2 Å². The SMILES string of the molecule is CCN(CC)S(=O)(=O)c1cccc(Cn2cc(-c3nc(-c4ccc(OC(F)(F)F)cc4)no3)ccc2=O)c1.